The van der Waals surface area contributed by atoms with E-state index in [2.05, 4.69) is 12.2 Å². The Morgan fingerprint density at radius 2 is 2.00 bits per heavy atom. The molecule has 0 saturated heterocycles. The van der Waals surface area contributed by atoms with Crippen LogP contribution < -0.4 is 5.32 Å². The summed E-state index contributed by atoms with van der Waals surface area (Å²) in [6.07, 6.45) is 5.42. The Hall–Kier alpha value is -0.890. The quantitative estimate of drug-likeness (QED) is 0.745. The van der Waals surface area contributed by atoms with Crippen molar-refractivity contribution in [2.75, 3.05) is 7.05 Å². The summed E-state index contributed by atoms with van der Waals surface area (Å²) in [4.78, 5) is 0. The first-order valence-electron chi connectivity index (χ1n) is 6.18. The Kier molecular flexibility index (Phi) is 6.09. The molecule has 0 aliphatic rings. The molecular formula is C14H22FN. The van der Waals surface area contributed by atoms with Gasteiger partial charge in [-0.3, -0.25) is 0 Å². The summed E-state index contributed by atoms with van der Waals surface area (Å²) in [5.74, 6) is -0.0704. The van der Waals surface area contributed by atoms with Crippen molar-refractivity contribution in [1.29, 1.82) is 0 Å². The highest BCUT2D eigenvalue weighted by Gasteiger charge is 2.05. The van der Waals surface area contributed by atoms with E-state index < -0.39 is 0 Å². The van der Waals surface area contributed by atoms with Gasteiger partial charge in [0.25, 0.3) is 0 Å². The van der Waals surface area contributed by atoms with Crippen molar-refractivity contribution in [3.8, 4) is 0 Å². The second kappa shape index (κ2) is 7.39. The summed E-state index contributed by atoms with van der Waals surface area (Å²) in [7, 11) is 2.00. The van der Waals surface area contributed by atoms with E-state index in [1.54, 1.807) is 6.07 Å². The van der Waals surface area contributed by atoms with Gasteiger partial charge in [-0.25, -0.2) is 4.39 Å². The smallest absolute Gasteiger partial charge is 0.126 e. The van der Waals surface area contributed by atoms with Crippen LogP contribution in [0, 0.1) is 5.82 Å². The number of hydrogen-bond donors (Lipinski definition) is 1. The molecule has 1 nitrogen and oxygen atoms in total. The number of aryl methyl sites for hydroxylation is 1. The van der Waals surface area contributed by atoms with Crippen molar-refractivity contribution in [3.05, 3.63) is 35.6 Å². The summed E-state index contributed by atoms with van der Waals surface area (Å²) < 4.78 is 13.3. The molecule has 1 N–H and O–H groups in total. The van der Waals surface area contributed by atoms with Crippen molar-refractivity contribution in [2.24, 2.45) is 0 Å². The van der Waals surface area contributed by atoms with E-state index in [0.717, 1.165) is 24.8 Å². The summed E-state index contributed by atoms with van der Waals surface area (Å²) in [5.41, 5.74) is 0.842. The third-order valence-corrected chi connectivity index (χ3v) is 3.00. The zero-order valence-electron chi connectivity index (χ0n) is 10.3. The summed E-state index contributed by atoms with van der Waals surface area (Å²) in [5, 5.41) is 3.31. The molecule has 0 aliphatic carbocycles. The summed E-state index contributed by atoms with van der Waals surface area (Å²) >= 11 is 0. The molecule has 0 spiro atoms. The van der Waals surface area contributed by atoms with E-state index in [9.17, 15) is 4.39 Å². The lowest BCUT2D eigenvalue weighted by Gasteiger charge is -2.14. The monoisotopic (exact) mass is 223 g/mol. The van der Waals surface area contributed by atoms with E-state index >= 15 is 0 Å². The highest BCUT2D eigenvalue weighted by atomic mass is 19.1. The van der Waals surface area contributed by atoms with Crippen LogP contribution in [-0.2, 0) is 6.42 Å². The molecule has 90 valence electrons. The van der Waals surface area contributed by atoms with Crippen molar-refractivity contribution in [1.82, 2.24) is 5.32 Å². The van der Waals surface area contributed by atoms with Crippen LogP contribution in [0.3, 0.4) is 0 Å². The van der Waals surface area contributed by atoms with Gasteiger partial charge < -0.3 is 5.32 Å². The zero-order valence-corrected chi connectivity index (χ0v) is 10.3. The first kappa shape index (κ1) is 13.2. The molecule has 1 aromatic rings. The minimum atomic E-state index is -0.0704. The summed E-state index contributed by atoms with van der Waals surface area (Å²) in [6, 6.07) is 7.64. The van der Waals surface area contributed by atoms with Gasteiger partial charge in [0.15, 0.2) is 0 Å². The Morgan fingerprint density at radius 1 is 1.25 bits per heavy atom. The minimum Gasteiger partial charge on any atom is -0.317 e. The van der Waals surface area contributed by atoms with Crippen LogP contribution in [0.5, 0.6) is 0 Å². The van der Waals surface area contributed by atoms with Gasteiger partial charge in [-0.15, -0.1) is 0 Å². The van der Waals surface area contributed by atoms with Crippen LogP contribution in [0.1, 0.15) is 38.2 Å². The molecule has 1 aromatic carbocycles. The lowest BCUT2D eigenvalue weighted by Crippen LogP contribution is -2.24. The second-order valence-electron chi connectivity index (χ2n) is 4.26. The molecule has 0 fully saturated rings. The average Bonchev–Trinajstić information content (AvgIpc) is 2.30. The fourth-order valence-electron chi connectivity index (χ4n) is 2.02. The molecule has 2 heteroatoms. The molecule has 0 aliphatic heterocycles. The van der Waals surface area contributed by atoms with Crippen molar-refractivity contribution in [2.45, 2.75) is 45.1 Å². The van der Waals surface area contributed by atoms with Crippen LogP contribution in [-0.4, -0.2) is 13.1 Å². The molecule has 16 heavy (non-hydrogen) atoms. The zero-order chi connectivity index (χ0) is 11.8. The third kappa shape index (κ3) is 4.31. The van der Waals surface area contributed by atoms with Crippen molar-refractivity contribution in [3.63, 3.8) is 0 Å². The molecule has 1 rings (SSSR count). The number of nitrogens with one attached hydrogen (secondary N) is 1. The largest absolute Gasteiger partial charge is 0.317 e. The molecule has 0 saturated carbocycles. The van der Waals surface area contributed by atoms with Crippen molar-refractivity contribution >= 4 is 0 Å². The topological polar surface area (TPSA) is 12.0 Å². The lowest BCUT2D eigenvalue weighted by molar-refractivity contribution is 0.467. The lowest BCUT2D eigenvalue weighted by atomic mass is 10.0. The van der Waals surface area contributed by atoms with Gasteiger partial charge in [0, 0.05) is 6.04 Å². The molecule has 0 aromatic heterocycles. The molecule has 0 heterocycles. The molecule has 1 atom stereocenters. The van der Waals surface area contributed by atoms with E-state index in [4.69, 9.17) is 0 Å². The summed E-state index contributed by atoms with van der Waals surface area (Å²) in [6.45, 7) is 2.20. The Balaban J connectivity index is 2.32. The normalized spacial score (nSPS) is 12.7. The maximum absolute atomic E-state index is 13.3. The molecule has 1 unspecified atom stereocenters. The van der Waals surface area contributed by atoms with Crippen LogP contribution in [0.15, 0.2) is 24.3 Å². The van der Waals surface area contributed by atoms with E-state index in [-0.39, 0.29) is 5.82 Å². The van der Waals surface area contributed by atoms with Gasteiger partial charge in [0.1, 0.15) is 5.82 Å². The highest BCUT2D eigenvalue weighted by Crippen LogP contribution is 2.12. The number of halogens is 1. The van der Waals surface area contributed by atoms with Gasteiger partial charge in [0.05, 0.1) is 0 Å². The van der Waals surface area contributed by atoms with E-state index in [1.807, 2.05) is 19.2 Å². The third-order valence-electron chi connectivity index (χ3n) is 3.00. The number of hydrogen-bond acceptors (Lipinski definition) is 1. The van der Waals surface area contributed by atoms with Crippen molar-refractivity contribution < 1.29 is 4.39 Å². The average molecular weight is 223 g/mol. The number of rotatable bonds is 7. The standard InChI is InChI=1S/C14H22FN/c1-3-7-13(16-2)10-6-9-12-8-4-5-11-14(12)15/h4-5,8,11,13,16H,3,6-7,9-10H2,1-2H3. The predicted molar refractivity (Wildman–Crippen MR) is 67.1 cm³/mol. The van der Waals surface area contributed by atoms with Crippen LogP contribution in [0.2, 0.25) is 0 Å². The SMILES string of the molecule is CCCC(CCCc1ccccc1F)NC. The fraction of sp³-hybridized carbons (Fsp3) is 0.571. The molecule has 0 radical (unpaired) electrons. The van der Waals surface area contributed by atoms with E-state index in [0.29, 0.717) is 6.04 Å². The predicted octanol–water partition coefficient (Wildman–Crippen LogP) is 3.54. The Bertz CT molecular complexity index is 299. The first-order chi connectivity index (χ1) is 7.77. The molecule has 0 amide bonds. The van der Waals surface area contributed by atoms with Gasteiger partial charge in [-0.05, 0) is 44.4 Å². The molecular weight excluding hydrogens is 201 g/mol. The van der Waals surface area contributed by atoms with Gasteiger partial charge in [0.2, 0.25) is 0 Å². The van der Waals surface area contributed by atoms with Gasteiger partial charge in [-0.2, -0.15) is 0 Å². The van der Waals surface area contributed by atoms with Gasteiger partial charge in [-0.1, -0.05) is 31.5 Å². The maximum Gasteiger partial charge on any atom is 0.126 e. The van der Waals surface area contributed by atoms with Gasteiger partial charge >= 0.3 is 0 Å². The highest BCUT2D eigenvalue weighted by molar-refractivity contribution is 5.17. The maximum atomic E-state index is 13.3. The Morgan fingerprint density at radius 3 is 2.62 bits per heavy atom. The van der Waals surface area contributed by atoms with Crippen LogP contribution in [0.4, 0.5) is 4.39 Å². The minimum absolute atomic E-state index is 0.0704. The first-order valence-corrected chi connectivity index (χ1v) is 6.18. The fourth-order valence-corrected chi connectivity index (χ4v) is 2.02. The second-order valence-corrected chi connectivity index (χ2v) is 4.26. The van der Waals surface area contributed by atoms with E-state index in [1.165, 1.54) is 18.9 Å². The number of benzene rings is 1. The molecule has 0 bridgehead atoms. The van der Waals surface area contributed by atoms with Crippen LogP contribution in [0.25, 0.3) is 0 Å². The van der Waals surface area contributed by atoms with Crippen LogP contribution >= 0.6 is 0 Å². The Labute approximate surface area is 98.1 Å².